The van der Waals surface area contributed by atoms with Gasteiger partial charge in [0.15, 0.2) is 5.58 Å². The molecule has 0 spiro atoms. The average molecular weight is 579 g/mol. The van der Waals surface area contributed by atoms with Crippen LogP contribution in [0.4, 0.5) is 19.2 Å². The van der Waals surface area contributed by atoms with Crippen LogP contribution in [0.25, 0.3) is 11.1 Å². The van der Waals surface area contributed by atoms with E-state index in [0.29, 0.717) is 47.1 Å². The molecule has 13 heteroatoms. The van der Waals surface area contributed by atoms with Crippen molar-refractivity contribution in [3.05, 3.63) is 59.7 Å². The fourth-order valence-corrected chi connectivity index (χ4v) is 4.66. The van der Waals surface area contributed by atoms with E-state index < -0.39 is 35.6 Å². The fourth-order valence-electron chi connectivity index (χ4n) is 4.66. The van der Waals surface area contributed by atoms with Gasteiger partial charge >= 0.3 is 12.2 Å². The normalized spacial score (nSPS) is 13.6. The van der Waals surface area contributed by atoms with Crippen molar-refractivity contribution in [2.75, 3.05) is 45.1 Å². The SMILES string of the molecule is C[N+](CCN)(CCN)CCC[C@H](N)C(=O)N[C@@H](CCc1cccc(C(F)(F)F)c1)C(=O)Nc1nc2ccccc2o1. The van der Waals surface area contributed by atoms with E-state index in [1.807, 2.05) is 7.05 Å². The molecule has 0 unspecified atom stereocenters. The third kappa shape index (κ3) is 9.52. The quantitative estimate of drug-likeness (QED) is 0.173. The molecule has 0 saturated heterocycles. The topological polar surface area (TPSA) is 162 Å². The van der Waals surface area contributed by atoms with Crippen molar-refractivity contribution in [3.8, 4) is 0 Å². The number of fused-ring (bicyclic) bond motifs is 1. The molecule has 0 aliphatic rings. The third-order valence-electron chi connectivity index (χ3n) is 7.02. The van der Waals surface area contributed by atoms with Gasteiger partial charge in [0.2, 0.25) is 5.91 Å². The zero-order valence-corrected chi connectivity index (χ0v) is 23.1. The van der Waals surface area contributed by atoms with Gasteiger partial charge in [-0.25, -0.2) is 0 Å². The molecule has 224 valence electrons. The van der Waals surface area contributed by atoms with Gasteiger partial charge in [-0.15, -0.1) is 0 Å². The highest BCUT2D eigenvalue weighted by Gasteiger charge is 2.31. The first-order valence-corrected chi connectivity index (χ1v) is 13.6. The van der Waals surface area contributed by atoms with Gasteiger partial charge in [-0.3, -0.25) is 14.9 Å². The minimum absolute atomic E-state index is 0.0216. The number of aromatic nitrogens is 1. The van der Waals surface area contributed by atoms with Crippen LogP contribution in [0.5, 0.6) is 0 Å². The molecule has 3 aromatic rings. The molecule has 41 heavy (non-hydrogen) atoms. The number of halogens is 3. The molecule has 0 radical (unpaired) electrons. The van der Waals surface area contributed by atoms with Crippen LogP contribution in [-0.4, -0.2) is 73.1 Å². The summed E-state index contributed by atoms with van der Waals surface area (Å²) in [6, 6.07) is 9.72. The number of hydrogen-bond acceptors (Lipinski definition) is 7. The molecule has 0 saturated carbocycles. The summed E-state index contributed by atoms with van der Waals surface area (Å²) in [6.07, 6.45) is -3.38. The summed E-state index contributed by atoms with van der Waals surface area (Å²) in [4.78, 5) is 30.4. The van der Waals surface area contributed by atoms with E-state index in [4.69, 9.17) is 21.6 Å². The maximum absolute atomic E-state index is 13.2. The van der Waals surface area contributed by atoms with Crippen LogP contribution in [0.2, 0.25) is 0 Å². The monoisotopic (exact) mass is 578 g/mol. The van der Waals surface area contributed by atoms with Gasteiger partial charge in [-0.2, -0.15) is 18.2 Å². The number of aryl methyl sites for hydroxylation is 1. The standard InChI is InChI=1S/C28H38F3N7O3/c1-38(16-13-32,17-14-33)15-5-8-21(34)25(39)35-23(12-11-19-6-4-7-20(18-19)28(29,30)31)26(40)37-27-36-22-9-2-3-10-24(22)41-27/h2-4,6-7,9-10,18,21,23H,5,8,11-17,32-34H2,1H3,(H-,35,36,37,39,40)/p+1/t21-,23-/m0/s1. The second kappa shape index (κ2) is 14.4. The molecule has 1 aromatic heterocycles. The Morgan fingerprint density at radius 3 is 2.37 bits per heavy atom. The molecule has 1 heterocycles. The molecule has 3 rings (SSSR count). The van der Waals surface area contributed by atoms with Crippen molar-refractivity contribution in [2.45, 2.75) is 43.9 Å². The van der Waals surface area contributed by atoms with Crippen molar-refractivity contribution in [2.24, 2.45) is 17.2 Å². The summed E-state index contributed by atoms with van der Waals surface area (Å²) in [5.41, 5.74) is 18.2. The molecule has 2 atom stereocenters. The van der Waals surface area contributed by atoms with Gasteiger partial charge in [-0.1, -0.05) is 30.3 Å². The van der Waals surface area contributed by atoms with E-state index in [9.17, 15) is 22.8 Å². The van der Waals surface area contributed by atoms with Gasteiger partial charge in [-0.05, 0) is 49.4 Å². The van der Waals surface area contributed by atoms with Crippen LogP contribution in [-0.2, 0) is 22.2 Å². The number of oxazole rings is 1. The molecule has 0 fully saturated rings. The van der Waals surface area contributed by atoms with Crippen LogP contribution in [0.3, 0.4) is 0 Å². The van der Waals surface area contributed by atoms with E-state index in [2.05, 4.69) is 15.6 Å². The molecule has 2 aromatic carbocycles. The minimum Gasteiger partial charge on any atom is -0.423 e. The Hall–Kier alpha value is -3.52. The maximum Gasteiger partial charge on any atom is 0.416 e. The molecule has 0 aliphatic carbocycles. The van der Waals surface area contributed by atoms with Gasteiger partial charge in [0.05, 0.1) is 38.3 Å². The Morgan fingerprint density at radius 2 is 1.71 bits per heavy atom. The minimum atomic E-state index is -4.50. The Morgan fingerprint density at radius 1 is 1.00 bits per heavy atom. The number of anilines is 1. The van der Waals surface area contributed by atoms with Gasteiger partial charge in [0.25, 0.3) is 5.91 Å². The smallest absolute Gasteiger partial charge is 0.416 e. The molecular formula is C28H39F3N7O3+. The molecule has 2 amide bonds. The van der Waals surface area contributed by atoms with Gasteiger partial charge < -0.3 is 31.4 Å². The van der Waals surface area contributed by atoms with Crippen LogP contribution < -0.4 is 27.8 Å². The highest BCUT2D eigenvalue weighted by Crippen LogP contribution is 2.30. The van der Waals surface area contributed by atoms with Gasteiger partial charge in [0.1, 0.15) is 11.6 Å². The first kappa shape index (κ1) is 32.0. The number of nitrogens with one attached hydrogen (secondary N) is 2. The number of nitrogens with zero attached hydrogens (tertiary/aromatic N) is 2. The summed E-state index contributed by atoms with van der Waals surface area (Å²) in [6.45, 7) is 3.22. The van der Waals surface area contributed by atoms with Gasteiger partial charge in [0, 0.05) is 13.1 Å². The molecule has 10 nitrogen and oxygen atoms in total. The van der Waals surface area contributed by atoms with Crippen LogP contribution in [0.15, 0.2) is 52.9 Å². The zero-order valence-electron chi connectivity index (χ0n) is 23.1. The Balaban J connectivity index is 1.69. The lowest BCUT2D eigenvalue weighted by molar-refractivity contribution is -0.907. The van der Waals surface area contributed by atoms with E-state index >= 15 is 0 Å². The zero-order chi connectivity index (χ0) is 30.0. The number of para-hydroxylation sites is 2. The van der Waals surface area contributed by atoms with Crippen molar-refractivity contribution >= 4 is 28.9 Å². The van der Waals surface area contributed by atoms with E-state index in [-0.39, 0.29) is 18.9 Å². The number of amides is 2. The predicted molar refractivity (Wildman–Crippen MR) is 150 cm³/mol. The summed E-state index contributed by atoms with van der Waals surface area (Å²) < 4.78 is 45.8. The summed E-state index contributed by atoms with van der Waals surface area (Å²) in [5, 5.41) is 5.23. The Bertz CT molecular complexity index is 1260. The first-order valence-electron chi connectivity index (χ1n) is 13.6. The summed E-state index contributed by atoms with van der Waals surface area (Å²) in [5.74, 6) is -1.17. The molecule has 0 bridgehead atoms. The average Bonchev–Trinajstić information content (AvgIpc) is 3.33. The van der Waals surface area contributed by atoms with Crippen molar-refractivity contribution in [3.63, 3.8) is 0 Å². The Kier molecular flexibility index (Phi) is 11.2. The Labute approximate surface area is 237 Å². The van der Waals surface area contributed by atoms with Crippen molar-refractivity contribution in [1.82, 2.24) is 10.3 Å². The lowest BCUT2D eigenvalue weighted by atomic mass is 10.0. The lowest BCUT2D eigenvalue weighted by Gasteiger charge is -2.34. The van der Waals surface area contributed by atoms with Crippen molar-refractivity contribution in [1.29, 1.82) is 0 Å². The summed E-state index contributed by atoms with van der Waals surface area (Å²) in [7, 11) is 2.05. The second-order valence-corrected chi connectivity index (χ2v) is 10.4. The number of hydrogen-bond donors (Lipinski definition) is 5. The van der Waals surface area contributed by atoms with Crippen LogP contribution >= 0.6 is 0 Å². The van der Waals surface area contributed by atoms with Crippen LogP contribution in [0, 0.1) is 0 Å². The number of rotatable bonds is 15. The van der Waals surface area contributed by atoms with Crippen molar-refractivity contribution < 1.29 is 31.7 Å². The van der Waals surface area contributed by atoms with E-state index in [1.54, 1.807) is 24.3 Å². The predicted octanol–water partition coefficient (Wildman–Crippen LogP) is 2.37. The number of carbonyl (C=O) groups is 2. The second-order valence-electron chi connectivity index (χ2n) is 10.4. The highest BCUT2D eigenvalue weighted by molar-refractivity contribution is 5.97. The van der Waals surface area contributed by atoms with E-state index in [1.165, 1.54) is 12.1 Å². The first-order chi connectivity index (χ1) is 19.4. The van der Waals surface area contributed by atoms with E-state index in [0.717, 1.165) is 31.8 Å². The maximum atomic E-state index is 13.2. The molecule has 0 aliphatic heterocycles. The van der Waals surface area contributed by atoms with Crippen LogP contribution in [0.1, 0.15) is 30.4 Å². The third-order valence-corrected chi connectivity index (χ3v) is 7.02. The number of quaternary nitrogens is 1. The summed E-state index contributed by atoms with van der Waals surface area (Å²) >= 11 is 0. The number of likely N-dealkylation sites (N-methyl/N-ethyl adjacent to an activating group) is 1. The number of nitrogens with two attached hydrogens (primary N) is 3. The molecular weight excluding hydrogens is 539 g/mol. The number of benzene rings is 2. The lowest BCUT2D eigenvalue weighted by Crippen LogP contribution is -2.52. The number of alkyl halides is 3. The largest absolute Gasteiger partial charge is 0.423 e. The molecule has 8 N–H and O–H groups in total. The fraction of sp³-hybridized carbons (Fsp3) is 0.464. The highest BCUT2D eigenvalue weighted by atomic mass is 19.4. The number of carbonyl (C=O) groups excluding carboxylic acids is 2.